The maximum absolute atomic E-state index is 12.6. The van der Waals surface area contributed by atoms with Crippen LogP contribution in [0.5, 0.6) is 0 Å². The minimum atomic E-state index is -0.248. The molecule has 2 fully saturated rings. The summed E-state index contributed by atoms with van der Waals surface area (Å²) in [6.45, 7) is 5.33. The number of thioether (sulfide) groups is 2. The predicted octanol–water partition coefficient (Wildman–Crippen LogP) is 3.60. The van der Waals surface area contributed by atoms with Crippen molar-refractivity contribution >= 4 is 79.8 Å². The number of hydrogen-bond acceptors (Lipinski definition) is 10. The van der Waals surface area contributed by atoms with E-state index in [1.54, 1.807) is 24.3 Å². The van der Waals surface area contributed by atoms with Gasteiger partial charge >= 0.3 is 0 Å². The van der Waals surface area contributed by atoms with Crippen LogP contribution in [0.25, 0.3) is 0 Å². The Bertz CT molecular complexity index is 1340. The number of morpholine rings is 2. The first-order valence-electron chi connectivity index (χ1n) is 13.5. The second kappa shape index (κ2) is 16.6. The van der Waals surface area contributed by atoms with Crippen LogP contribution >= 0.6 is 48.0 Å². The van der Waals surface area contributed by atoms with Gasteiger partial charge in [0.2, 0.25) is 11.8 Å². The summed E-state index contributed by atoms with van der Waals surface area (Å²) in [7, 11) is 0. The second-order valence-corrected chi connectivity index (χ2v) is 12.8. The molecule has 43 heavy (non-hydrogen) atoms. The number of nitrogens with zero attached hydrogens (tertiary/aromatic N) is 4. The molecule has 2 aromatic carbocycles. The Morgan fingerprint density at radius 3 is 1.51 bits per heavy atom. The first-order chi connectivity index (χ1) is 20.9. The number of rotatable bonds is 8. The van der Waals surface area contributed by atoms with Gasteiger partial charge in [0.25, 0.3) is 0 Å². The molecule has 14 heteroatoms. The van der Waals surface area contributed by atoms with E-state index in [4.69, 9.17) is 33.9 Å². The van der Waals surface area contributed by atoms with Crippen LogP contribution in [0.2, 0.25) is 0 Å². The Labute approximate surface area is 270 Å². The highest BCUT2D eigenvalue weighted by molar-refractivity contribution is 8.23. The third-order valence-electron chi connectivity index (χ3n) is 6.56. The Kier molecular flexibility index (Phi) is 12.6. The molecule has 0 atom stereocenters. The molecule has 0 spiro atoms. The van der Waals surface area contributed by atoms with Crippen LogP contribution in [-0.2, 0) is 25.5 Å². The SMILES string of the molecule is N#Cc1cc(Cc2ccc(NC(=O)CSC(=S)N3CCOCC3)c(C#N)c2)ccc1NC(=O)CSC(=S)N1CCOCC1. The molecule has 0 bridgehead atoms. The van der Waals surface area contributed by atoms with E-state index in [1.807, 2.05) is 21.9 Å². The van der Waals surface area contributed by atoms with Crippen molar-refractivity contribution in [3.8, 4) is 12.1 Å². The largest absolute Gasteiger partial charge is 0.378 e. The van der Waals surface area contributed by atoms with Crippen LogP contribution in [0, 0.1) is 22.7 Å². The number of amides is 2. The second-order valence-electron chi connectivity index (χ2n) is 9.56. The average Bonchev–Trinajstić information content (AvgIpc) is 3.04. The Morgan fingerprint density at radius 1 is 0.744 bits per heavy atom. The van der Waals surface area contributed by atoms with Crippen LogP contribution in [0.4, 0.5) is 11.4 Å². The zero-order chi connectivity index (χ0) is 30.6. The first-order valence-corrected chi connectivity index (χ1v) is 16.3. The van der Waals surface area contributed by atoms with Crippen molar-refractivity contribution < 1.29 is 19.1 Å². The van der Waals surface area contributed by atoms with Gasteiger partial charge in [-0.25, -0.2) is 0 Å². The molecule has 2 saturated heterocycles. The number of benzene rings is 2. The van der Waals surface area contributed by atoms with Gasteiger partial charge in [0.15, 0.2) is 0 Å². The number of hydrogen-bond donors (Lipinski definition) is 2. The number of thiocarbonyl (C=S) groups is 2. The summed E-state index contributed by atoms with van der Waals surface area (Å²) in [5, 5.41) is 25.0. The average molecular weight is 655 g/mol. The molecule has 2 aliphatic heterocycles. The summed E-state index contributed by atoms with van der Waals surface area (Å²) < 4.78 is 12.0. The monoisotopic (exact) mass is 654 g/mol. The lowest BCUT2D eigenvalue weighted by Gasteiger charge is -2.28. The number of nitriles is 2. The molecule has 2 heterocycles. The molecule has 0 aromatic heterocycles. The van der Waals surface area contributed by atoms with Crippen LogP contribution in [0.15, 0.2) is 36.4 Å². The van der Waals surface area contributed by atoms with Crippen molar-refractivity contribution in [1.29, 1.82) is 10.5 Å². The lowest BCUT2D eigenvalue weighted by atomic mass is 10.00. The van der Waals surface area contributed by atoms with Gasteiger partial charge in [0.05, 0.1) is 60.4 Å². The lowest BCUT2D eigenvalue weighted by molar-refractivity contribution is -0.114. The Morgan fingerprint density at radius 2 is 1.14 bits per heavy atom. The maximum Gasteiger partial charge on any atom is 0.234 e. The molecule has 0 radical (unpaired) electrons. The smallest absolute Gasteiger partial charge is 0.234 e. The van der Waals surface area contributed by atoms with Crippen molar-refractivity contribution in [3.63, 3.8) is 0 Å². The molecule has 0 aliphatic carbocycles. The fourth-order valence-corrected chi connectivity index (χ4v) is 6.45. The highest BCUT2D eigenvalue weighted by Gasteiger charge is 2.18. The van der Waals surface area contributed by atoms with Crippen molar-refractivity contribution in [1.82, 2.24) is 9.80 Å². The summed E-state index contributed by atoms with van der Waals surface area (Å²) in [5.41, 5.74) is 3.20. The van der Waals surface area contributed by atoms with Crippen LogP contribution < -0.4 is 10.6 Å². The van der Waals surface area contributed by atoms with Gasteiger partial charge in [-0.15, -0.1) is 0 Å². The minimum Gasteiger partial charge on any atom is -0.378 e. The van der Waals surface area contributed by atoms with Gasteiger partial charge in [0, 0.05) is 26.2 Å². The third kappa shape index (κ3) is 9.89. The molecule has 2 aromatic rings. The van der Waals surface area contributed by atoms with Gasteiger partial charge in [-0.1, -0.05) is 60.1 Å². The summed E-state index contributed by atoms with van der Waals surface area (Å²) >= 11 is 13.4. The van der Waals surface area contributed by atoms with Crippen LogP contribution in [0.3, 0.4) is 0 Å². The van der Waals surface area contributed by atoms with Gasteiger partial charge in [-0.3, -0.25) is 9.59 Å². The number of anilines is 2. The van der Waals surface area contributed by atoms with E-state index < -0.39 is 0 Å². The Hall–Kier alpha value is -3.24. The number of nitrogens with one attached hydrogen (secondary N) is 2. The zero-order valence-corrected chi connectivity index (χ0v) is 26.6. The van der Waals surface area contributed by atoms with Gasteiger partial charge in [0.1, 0.15) is 20.8 Å². The van der Waals surface area contributed by atoms with E-state index in [1.165, 1.54) is 23.5 Å². The standard InChI is InChI=1S/C29H30N6O4S4/c30-16-22-14-20(1-3-24(22)32-26(36)18-42-28(40)34-5-9-38-10-6-34)13-21-2-4-25(23(15-21)17-31)33-27(37)19-43-29(41)35-7-11-39-12-8-35/h1-4,14-15H,5-13,18-19H2,(H,32,36)(H,33,37). The van der Waals surface area contributed by atoms with E-state index in [0.29, 0.717) is 90.2 Å². The first kappa shape index (κ1) is 32.7. The van der Waals surface area contributed by atoms with Crippen molar-refractivity contribution in [3.05, 3.63) is 58.7 Å². The summed E-state index contributed by atoms with van der Waals surface area (Å²) in [6, 6.07) is 14.8. The highest BCUT2D eigenvalue weighted by Crippen LogP contribution is 2.23. The van der Waals surface area contributed by atoms with E-state index in [0.717, 1.165) is 11.1 Å². The van der Waals surface area contributed by atoms with E-state index in [2.05, 4.69) is 22.8 Å². The molecule has 10 nitrogen and oxygen atoms in total. The quantitative estimate of drug-likeness (QED) is 0.404. The fourth-order valence-electron chi connectivity index (χ4n) is 4.34. The molecule has 2 aliphatic rings. The van der Waals surface area contributed by atoms with Gasteiger partial charge < -0.3 is 29.9 Å². The molecule has 0 unspecified atom stereocenters. The van der Waals surface area contributed by atoms with Gasteiger partial charge in [-0.2, -0.15) is 10.5 Å². The normalized spacial score (nSPS) is 14.7. The summed E-state index contributed by atoms with van der Waals surface area (Å²) in [5.74, 6) is -0.214. The van der Waals surface area contributed by atoms with Crippen molar-refractivity contribution in [2.24, 2.45) is 0 Å². The van der Waals surface area contributed by atoms with Gasteiger partial charge in [-0.05, 0) is 41.8 Å². The Balaban J connectivity index is 1.30. The molecule has 2 amide bonds. The molecule has 4 rings (SSSR count). The predicted molar refractivity (Wildman–Crippen MR) is 177 cm³/mol. The summed E-state index contributed by atoms with van der Waals surface area (Å²) in [4.78, 5) is 29.1. The lowest BCUT2D eigenvalue weighted by Crippen LogP contribution is -2.39. The topological polar surface area (TPSA) is 131 Å². The summed E-state index contributed by atoms with van der Waals surface area (Å²) in [6.07, 6.45) is 0.457. The van der Waals surface area contributed by atoms with Crippen LogP contribution in [-0.4, -0.2) is 94.4 Å². The number of carbonyl (C=O) groups excluding carboxylic acids is 2. The third-order valence-corrected chi connectivity index (χ3v) is 9.60. The molecule has 0 saturated carbocycles. The molecule has 2 N–H and O–H groups in total. The molecular formula is C29H30N6O4S4. The van der Waals surface area contributed by atoms with E-state index in [9.17, 15) is 20.1 Å². The van der Waals surface area contributed by atoms with E-state index >= 15 is 0 Å². The number of ether oxygens (including phenoxy) is 2. The molecule has 224 valence electrons. The zero-order valence-electron chi connectivity index (χ0n) is 23.3. The number of carbonyl (C=O) groups is 2. The minimum absolute atomic E-state index is 0.141. The fraction of sp³-hybridized carbons (Fsp3) is 0.379. The maximum atomic E-state index is 12.6. The van der Waals surface area contributed by atoms with Crippen molar-refractivity contribution in [2.45, 2.75) is 6.42 Å². The van der Waals surface area contributed by atoms with Crippen molar-refractivity contribution in [2.75, 3.05) is 74.7 Å². The highest BCUT2D eigenvalue weighted by atomic mass is 32.2. The van der Waals surface area contributed by atoms with E-state index in [-0.39, 0.29) is 23.3 Å². The molecular weight excluding hydrogens is 625 g/mol. The van der Waals surface area contributed by atoms with Crippen LogP contribution in [0.1, 0.15) is 22.3 Å².